The number of phenols is 1. The number of benzene rings is 2. The Labute approximate surface area is 181 Å². The van der Waals surface area contributed by atoms with E-state index in [1.807, 2.05) is 6.07 Å². The summed E-state index contributed by atoms with van der Waals surface area (Å²) < 4.78 is 0. The first-order valence-electron chi connectivity index (χ1n) is 10.1. The Morgan fingerprint density at radius 1 is 0.903 bits per heavy atom. The molecule has 0 saturated carbocycles. The molecule has 0 aliphatic heterocycles. The topological polar surface area (TPSA) is 146 Å². The zero-order valence-corrected chi connectivity index (χ0v) is 17.7. The van der Waals surface area contributed by atoms with Gasteiger partial charge < -0.3 is 31.4 Å². The highest BCUT2D eigenvalue weighted by molar-refractivity contribution is 5.91. The average Bonchev–Trinajstić information content (AvgIpc) is 2.73. The SMILES string of the molecule is CC(C)C(NC(=O)C([NH3+])Cc1ccc(O)cc1)C(=O)NC(Cc1ccccc1)C(=O)[O-]. The minimum absolute atomic E-state index is 0.0759. The van der Waals surface area contributed by atoms with E-state index in [4.69, 9.17) is 0 Å². The van der Waals surface area contributed by atoms with Crippen LogP contribution in [0, 0.1) is 5.92 Å². The molecule has 0 aliphatic rings. The van der Waals surface area contributed by atoms with Crippen LogP contribution in [0.5, 0.6) is 5.75 Å². The first-order valence-corrected chi connectivity index (χ1v) is 10.1. The van der Waals surface area contributed by atoms with E-state index in [0.29, 0.717) is 6.42 Å². The molecule has 2 aromatic carbocycles. The number of carbonyl (C=O) groups is 3. The number of carboxylic acids is 1. The van der Waals surface area contributed by atoms with Crippen LogP contribution in [0.4, 0.5) is 0 Å². The molecular weight excluding hydrogens is 398 g/mol. The van der Waals surface area contributed by atoms with Crippen molar-refractivity contribution in [3.8, 4) is 5.75 Å². The molecule has 2 aromatic rings. The standard InChI is InChI=1S/C23H29N3O5/c1-14(2)20(26-21(28)18(24)12-16-8-10-17(27)11-9-16)22(29)25-19(23(30)31)13-15-6-4-3-5-7-15/h3-11,14,18-20,27H,12-13,24H2,1-2H3,(H,25,29)(H,26,28)(H,30,31). The maximum atomic E-state index is 12.8. The fourth-order valence-electron chi connectivity index (χ4n) is 3.12. The van der Waals surface area contributed by atoms with Gasteiger partial charge in [-0.1, -0.05) is 56.3 Å². The molecule has 8 heteroatoms. The van der Waals surface area contributed by atoms with E-state index in [-0.39, 0.29) is 18.1 Å². The number of hydrogen-bond donors (Lipinski definition) is 4. The second kappa shape index (κ2) is 11.1. The fourth-order valence-corrected chi connectivity index (χ4v) is 3.12. The molecule has 0 saturated heterocycles. The van der Waals surface area contributed by atoms with Gasteiger partial charge >= 0.3 is 0 Å². The van der Waals surface area contributed by atoms with Crippen LogP contribution in [0.25, 0.3) is 0 Å². The predicted molar refractivity (Wildman–Crippen MR) is 112 cm³/mol. The average molecular weight is 428 g/mol. The van der Waals surface area contributed by atoms with Crippen molar-refractivity contribution in [2.24, 2.45) is 5.92 Å². The van der Waals surface area contributed by atoms with Crippen LogP contribution in [0.15, 0.2) is 54.6 Å². The van der Waals surface area contributed by atoms with Crippen LogP contribution in [0.1, 0.15) is 25.0 Å². The van der Waals surface area contributed by atoms with Crippen LogP contribution in [-0.4, -0.2) is 41.0 Å². The molecule has 0 radical (unpaired) electrons. The third-order valence-corrected chi connectivity index (χ3v) is 4.92. The molecule has 31 heavy (non-hydrogen) atoms. The lowest BCUT2D eigenvalue weighted by atomic mass is 10.00. The van der Waals surface area contributed by atoms with Gasteiger partial charge in [-0.25, -0.2) is 0 Å². The fraction of sp³-hybridized carbons (Fsp3) is 0.348. The number of nitrogens with one attached hydrogen (secondary N) is 2. The number of aromatic hydroxyl groups is 1. The van der Waals surface area contributed by atoms with Crippen molar-refractivity contribution in [1.82, 2.24) is 10.6 Å². The molecule has 0 fully saturated rings. The summed E-state index contributed by atoms with van der Waals surface area (Å²) >= 11 is 0. The minimum Gasteiger partial charge on any atom is -0.548 e. The largest absolute Gasteiger partial charge is 0.548 e. The summed E-state index contributed by atoms with van der Waals surface area (Å²) in [4.78, 5) is 36.9. The van der Waals surface area contributed by atoms with Crippen LogP contribution < -0.4 is 21.5 Å². The summed E-state index contributed by atoms with van der Waals surface area (Å²) in [6.45, 7) is 3.52. The molecular formula is C23H29N3O5. The number of carbonyl (C=O) groups excluding carboxylic acids is 3. The van der Waals surface area contributed by atoms with Gasteiger partial charge in [-0.2, -0.15) is 0 Å². The van der Waals surface area contributed by atoms with E-state index in [1.165, 1.54) is 12.1 Å². The van der Waals surface area contributed by atoms with Gasteiger partial charge in [0.2, 0.25) is 5.91 Å². The van der Waals surface area contributed by atoms with Crippen molar-refractivity contribution in [2.75, 3.05) is 0 Å². The molecule has 8 nitrogen and oxygen atoms in total. The van der Waals surface area contributed by atoms with Gasteiger partial charge in [-0.3, -0.25) is 9.59 Å². The third kappa shape index (κ3) is 7.42. The number of rotatable bonds is 10. The second-order valence-corrected chi connectivity index (χ2v) is 7.87. The smallest absolute Gasteiger partial charge is 0.279 e. The van der Waals surface area contributed by atoms with Gasteiger partial charge in [0.1, 0.15) is 11.8 Å². The number of amides is 2. The van der Waals surface area contributed by atoms with E-state index < -0.39 is 35.9 Å². The second-order valence-electron chi connectivity index (χ2n) is 7.87. The molecule has 0 aliphatic carbocycles. The van der Waals surface area contributed by atoms with Gasteiger partial charge in [0.05, 0.1) is 12.0 Å². The number of hydrogen-bond acceptors (Lipinski definition) is 5. The van der Waals surface area contributed by atoms with Crippen LogP contribution in [-0.2, 0) is 27.2 Å². The van der Waals surface area contributed by atoms with E-state index in [9.17, 15) is 24.6 Å². The first-order chi connectivity index (χ1) is 14.7. The van der Waals surface area contributed by atoms with Crippen LogP contribution in [0.3, 0.4) is 0 Å². The minimum atomic E-state index is -1.39. The van der Waals surface area contributed by atoms with Crippen molar-refractivity contribution < 1.29 is 30.3 Å². The lowest BCUT2D eigenvalue weighted by Crippen LogP contribution is -2.70. The molecule has 0 spiro atoms. The highest BCUT2D eigenvalue weighted by Crippen LogP contribution is 2.11. The highest BCUT2D eigenvalue weighted by atomic mass is 16.4. The van der Waals surface area contributed by atoms with Crippen LogP contribution in [0.2, 0.25) is 0 Å². The molecule has 0 heterocycles. The van der Waals surface area contributed by atoms with Crippen molar-refractivity contribution in [3.05, 3.63) is 65.7 Å². The van der Waals surface area contributed by atoms with Crippen molar-refractivity contribution >= 4 is 17.8 Å². The molecule has 2 rings (SSSR count). The summed E-state index contributed by atoms with van der Waals surface area (Å²) in [5, 5.41) is 26.1. The Hall–Kier alpha value is -3.39. The molecule has 166 valence electrons. The maximum Gasteiger partial charge on any atom is 0.279 e. The maximum absolute atomic E-state index is 12.8. The number of aliphatic carboxylic acids is 1. The van der Waals surface area contributed by atoms with E-state index in [1.54, 1.807) is 50.2 Å². The molecule has 2 amide bonds. The predicted octanol–water partition coefficient (Wildman–Crippen LogP) is -0.837. The zero-order chi connectivity index (χ0) is 23.0. The summed E-state index contributed by atoms with van der Waals surface area (Å²) in [6.07, 6.45) is 0.403. The van der Waals surface area contributed by atoms with Gasteiger partial charge in [0.25, 0.3) is 5.91 Å². The van der Waals surface area contributed by atoms with Gasteiger partial charge in [0.15, 0.2) is 6.04 Å². The van der Waals surface area contributed by atoms with Gasteiger partial charge in [-0.15, -0.1) is 0 Å². The summed E-state index contributed by atoms with van der Waals surface area (Å²) in [6, 6.07) is 12.5. The third-order valence-electron chi connectivity index (χ3n) is 4.92. The summed E-state index contributed by atoms with van der Waals surface area (Å²) in [5.74, 6) is -2.55. The van der Waals surface area contributed by atoms with Crippen molar-refractivity contribution in [1.29, 1.82) is 0 Å². The summed E-state index contributed by atoms with van der Waals surface area (Å²) in [5.41, 5.74) is 5.42. The molecule has 3 unspecified atom stereocenters. The molecule has 6 N–H and O–H groups in total. The number of phenolic OH excluding ortho intramolecular Hbond substituents is 1. The monoisotopic (exact) mass is 427 g/mol. The number of quaternary nitrogens is 1. The Morgan fingerprint density at radius 2 is 1.48 bits per heavy atom. The number of carboxylic acid groups (broad SMARTS) is 1. The Bertz CT molecular complexity index is 884. The lowest BCUT2D eigenvalue weighted by molar-refractivity contribution is -0.403. The van der Waals surface area contributed by atoms with Crippen molar-refractivity contribution in [3.63, 3.8) is 0 Å². The zero-order valence-electron chi connectivity index (χ0n) is 17.7. The first kappa shape index (κ1) is 23.9. The Balaban J connectivity index is 2.01. The summed E-state index contributed by atoms with van der Waals surface area (Å²) in [7, 11) is 0. The van der Waals surface area contributed by atoms with E-state index >= 15 is 0 Å². The Morgan fingerprint density at radius 3 is 2.03 bits per heavy atom. The molecule has 0 aromatic heterocycles. The lowest BCUT2D eigenvalue weighted by Gasteiger charge is -2.26. The quantitative estimate of drug-likeness (QED) is 0.391. The van der Waals surface area contributed by atoms with Crippen molar-refractivity contribution in [2.45, 2.75) is 44.8 Å². The molecule has 3 atom stereocenters. The van der Waals surface area contributed by atoms with Gasteiger partial charge in [0, 0.05) is 6.42 Å². The van der Waals surface area contributed by atoms with E-state index in [2.05, 4.69) is 16.4 Å². The van der Waals surface area contributed by atoms with E-state index in [0.717, 1.165) is 11.1 Å². The highest BCUT2D eigenvalue weighted by Gasteiger charge is 2.29. The van der Waals surface area contributed by atoms with Crippen LogP contribution >= 0.6 is 0 Å². The Kier molecular flexibility index (Phi) is 8.57. The molecule has 0 bridgehead atoms. The van der Waals surface area contributed by atoms with Gasteiger partial charge in [-0.05, 0) is 35.6 Å². The normalized spacial score (nSPS) is 13.8.